The van der Waals surface area contributed by atoms with Crippen LogP contribution in [0.5, 0.6) is 5.75 Å². The summed E-state index contributed by atoms with van der Waals surface area (Å²) in [5.41, 5.74) is 2.97. The number of hydrogen-bond acceptors (Lipinski definition) is 5. The molecule has 0 unspecified atom stereocenters. The van der Waals surface area contributed by atoms with Crippen LogP contribution >= 0.6 is 0 Å². The highest BCUT2D eigenvalue weighted by Gasteiger charge is 2.23. The van der Waals surface area contributed by atoms with Crippen LogP contribution in [0.25, 0.3) is 0 Å². The molecule has 2 heterocycles. The molecule has 0 aromatic heterocycles. The molecule has 4 rings (SSSR count). The zero-order chi connectivity index (χ0) is 24.3. The molecule has 2 aromatic rings. The second-order valence-electron chi connectivity index (χ2n) is 8.60. The fourth-order valence-electron chi connectivity index (χ4n) is 3.89. The number of nitrogens with one attached hydrogen (secondary N) is 3. The lowest BCUT2D eigenvalue weighted by Crippen LogP contribution is -2.51. The predicted octanol–water partition coefficient (Wildman–Crippen LogP) is 2.25. The second kappa shape index (κ2) is 13.1. The Hall–Kier alpha value is -2.97. The highest BCUT2D eigenvalue weighted by atomic mass is 19.1. The SMILES string of the molecule is CCc1cccc(CNC[C@@H](O)[C@@H]2Cc3ccc(c(F)c3)OCCCCC(=O)NCC(=O)N2)c1. The number of benzene rings is 2. The third kappa shape index (κ3) is 8.11. The molecular formula is C26H34FN3O4. The van der Waals surface area contributed by atoms with Crippen molar-refractivity contribution in [2.24, 2.45) is 0 Å². The van der Waals surface area contributed by atoms with E-state index in [0.29, 0.717) is 31.6 Å². The molecule has 2 aliphatic heterocycles. The van der Waals surface area contributed by atoms with Gasteiger partial charge in [0.25, 0.3) is 0 Å². The summed E-state index contributed by atoms with van der Waals surface area (Å²) >= 11 is 0. The van der Waals surface area contributed by atoms with E-state index in [4.69, 9.17) is 4.74 Å². The fourth-order valence-corrected chi connectivity index (χ4v) is 3.89. The van der Waals surface area contributed by atoms with Gasteiger partial charge < -0.3 is 25.8 Å². The molecular weight excluding hydrogens is 437 g/mol. The van der Waals surface area contributed by atoms with Crippen molar-refractivity contribution >= 4 is 11.8 Å². The van der Waals surface area contributed by atoms with Crippen molar-refractivity contribution in [3.63, 3.8) is 0 Å². The van der Waals surface area contributed by atoms with Gasteiger partial charge in [-0.05, 0) is 54.5 Å². The Bertz CT molecular complexity index is 969. The number of carbonyl (C=O) groups excluding carboxylic acids is 2. The number of aliphatic hydroxyl groups excluding tert-OH is 1. The largest absolute Gasteiger partial charge is 0.491 e. The van der Waals surface area contributed by atoms with Crippen molar-refractivity contribution in [3.8, 4) is 5.75 Å². The quantitative estimate of drug-likeness (QED) is 0.518. The lowest BCUT2D eigenvalue weighted by Gasteiger charge is -2.25. The fraction of sp³-hybridized carbons (Fsp3) is 0.462. The van der Waals surface area contributed by atoms with E-state index < -0.39 is 23.9 Å². The van der Waals surface area contributed by atoms with Crippen LogP contribution in [0.1, 0.15) is 42.9 Å². The number of rotatable bonds is 6. The minimum atomic E-state index is -0.924. The van der Waals surface area contributed by atoms with Crippen molar-refractivity contribution in [1.29, 1.82) is 0 Å². The van der Waals surface area contributed by atoms with Gasteiger partial charge in [0.15, 0.2) is 11.6 Å². The van der Waals surface area contributed by atoms with Gasteiger partial charge in [0, 0.05) is 19.5 Å². The molecule has 2 aromatic carbocycles. The minimum Gasteiger partial charge on any atom is -0.491 e. The van der Waals surface area contributed by atoms with E-state index in [2.05, 4.69) is 35.0 Å². The Labute approximate surface area is 200 Å². The van der Waals surface area contributed by atoms with Crippen LogP contribution in [0.4, 0.5) is 4.39 Å². The first-order valence-electron chi connectivity index (χ1n) is 11.9. The molecule has 2 aliphatic rings. The lowest BCUT2D eigenvalue weighted by molar-refractivity contribution is -0.126. The van der Waals surface area contributed by atoms with E-state index in [1.807, 2.05) is 12.1 Å². The van der Waals surface area contributed by atoms with E-state index in [1.54, 1.807) is 12.1 Å². The Morgan fingerprint density at radius 2 is 1.97 bits per heavy atom. The number of carbonyl (C=O) groups is 2. The molecule has 0 radical (unpaired) electrons. The van der Waals surface area contributed by atoms with Gasteiger partial charge >= 0.3 is 0 Å². The number of fused-ring (bicyclic) bond motifs is 13. The highest BCUT2D eigenvalue weighted by Crippen LogP contribution is 2.20. The zero-order valence-corrected chi connectivity index (χ0v) is 19.6. The normalized spacial score (nSPS) is 18.6. The van der Waals surface area contributed by atoms with Crippen molar-refractivity contribution in [2.75, 3.05) is 19.7 Å². The third-order valence-electron chi connectivity index (χ3n) is 5.85. The van der Waals surface area contributed by atoms with Crippen LogP contribution in [0.3, 0.4) is 0 Å². The van der Waals surface area contributed by atoms with Crippen LogP contribution in [0, 0.1) is 5.82 Å². The molecule has 184 valence electrons. The van der Waals surface area contributed by atoms with Crippen LogP contribution < -0.4 is 20.7 Å². The average Bonchev–Trinajstić information content (AvgIpc) is 2.82. The molecule has 8 heteroatoms. The first kappa shape index (κ1) is 25.6. The van der Waals surface area contributed by atoms with Crippen LogP contribution in [0.15, 0.2) is 42.5 Å². The summed E-state index contributed by atoms with van der Waals surface area (Å²) in [6.07, 6.45) is 1.68. The van der Waals surface area contributed by atoms with Gasteiger partial charge in [-0.3, -0.25) is 9.59 Å². The summed E-state index contributed by atoms with van der Waals surface area (Å²) in [6.45, 7) is 3.03. The Morgan fingerprint density at radius 1 is 1.15 bits per heavy atom. The number of aryl methyl sites for hydroxylation is 1. The molecule has 2 bridgehead atoms. The van der Waals surface area contributed by atoms with Gasteiger partial charge in [0.1, 0.15) is 0 Å². The maximum atomic E-state index is 14.5. The van der Waals surface area contributed by atoms with Crippen LogP contribution in [0.2, 0.25) is 0 Å². The molecule has 2 amide bonds. The van der Waals surface area contributed by atoms with Gasteiger partial charge in [-0.1, -0.05) is 37.3 Å². The summed E-state index contributed by atoms with van der Waals surface area (Å²) in [5.74, 6) is -0.973. The number of halogens is 1. The van der Waals surface area contributed by atoms with Crippen molar-refractivity contribution < 1.29 is 23.8 Å². The van der Waals surface area contributed by atoms with Gasteiger partial charge in [-0.2, -0.15) is 0 Å². The topological polar surface area (TPSA) is 99.7 Å². The van der Waals surface area contributed by atoms with Crippen molar-refractivity contribution in [2.45, 2.75) is 57.7 Å². The molecule has 0 saturated heterocycles. The number of hydrogen-bond donors (Lipinski definition) is 4. The predicted molar refractivity (Wildman–Crippen MR) is 128 cm³/mol. The van der Waals surface area contributed by atoms with Gasteiger partial charge in [-0.25, -0.2) is 4.39 Å². The maximum absolute atomic E-state index is 14.5. The number of amides is 2. The Morgan fingerprint density at radius 3 is 2.76 bits per heavy atom. The molecule has 0 fully saturated rings. The van der Waals surface area contributed by atoms with Gasteiger partial charge in [-0.15, -0.1) is 0 Å². The summed E-state index contributed by atoms with van der Waals surface area (Å²) in [4.78, 5) is 24.4. The Balaban J connectivity index is 1.68. The molecule has 4 N–H and O–H groups in total. The summed E-state index contributed by atoms with van der Waals surface area (Å²) in [5, 5.41) is 19.5. The minimum absolute atomic E-state index is 0.150. The summed E-state index contributed by atoms with van der Waals surface area (Å²) in [7, 11) is 0. The summed E-state index contributed by atoms with van der Waals surface area (Å²) in [6, 6.07) is 12.2. The lowest BCUT2D eigenvalue weighted by atomic mass is 10.0. The monoisotopic (exact) mass is 471 g/mol. The van der Waals surface area contributed by atoms with E-state index in [1.165, 1.54) is 11.6 Å². The van der Waals surface area contributed by atoms with E-state index in [9.17, 15) is 19.1 Å². The highest BCUT2D eigenvalue weighted by molar-refractivity contribution is 5.84. The van der Waals surface area contributed by atoms with E-state index >= 15 is 0 Å². The molecule has 0 aliphatic carbocycles. The maximum Gasteiger partial charge on any atom is 0.239 e. The zero-order valence-electron chi connectivity index (χ0n) is 19.6. The molecule has 7 nitrogen and oxygen atoms in total. The standard InChI is InChI=1S/C26H34FN3O4/c1-2-18-6-5-7-20(12-18)15-28-16-23(31)22-14-19-9-10-24(21(27)13-19)34-11-4-3-8-25(32)29-17-26(33)30-22/h5-7,9-10,12-13,22-23,28,31H,2-4,8,11,14-17H2,1H3,(H,29,32)(H,30,33)/t22-,23+/m0/s1. The Kier molecular flexibility index (Phi) is 9.85. The smallest absolute Gasteiger partial charge is 0.239 e. The van der Waals surface area contributed by atoms with E-state index in [-0.39, 0.29) is 37.6 Å². The molecule has 0 saturated carbocycles. The summed E-state index contributed by atoms with van der Waals surface area (Å²) < 4.78 is 20.0. The molecule has 2 atom stereocenters. The average molecular weight is 472 g/mol. The molecule has 0 spiro atoms. The van der Waals surface area contributed by atoms with Crippen molar-refractivity contribution in [1.82, 2.24) is 16.0 Å². The number of aliphatic hydroxyl groups is 1. The first-order valence-corrected chi connectivity index (χ1v) is 11.9. The van der Waals surface area contributed by atoms with Crippen LogP contribution in [-0.4, -0.2) is 48.8 Å². The third-order valence-corrected chi connectivity index (χ3v) is 5.85. The molecule has 34 heavy (non-hydrogen) atoms. The van der Waals surface area contributed by atoms with Crippen molar-refractivity contribution in [3.05, 3.63) is 65.0 Å². The first-order chi connectivity index (χ1) is 16.4. The van der Waals surface area contributed by atoms with Crippen LogP contribution in [-0.2, 0) is 29.0 Å². The second-order valence-corrected chi connectivity index (χ2v) is 8.60. The number of ether oxygens (including phenoxy) is 1. The van der Waals surface area contributed by atoms with E-state index in [0.717, 1.165) is 12.0 Å². The van der Waals surface area contributed by atoms with Gasteiger partial charge in [0.2, 0.25) is 11.8 Å². The van der Waals surface area contributed by atoms with Gasteiger partial charge in [0.05, 0.1) is 25.3 Å².